The zero-order chi connectivity index (χ0) is 13.1. The molecule has 0 saturated carbocycles. The molecule has 0 aliphatic carbocycles. The summed E-state index contributed by atoms with van der Waals surface area (Å²) in [7, 11) is 0. The second kappa shape index (κ2) is 5.70. The number of aromatic nitrogens is 1. The fourth-order valence-electron chi connectivity index (χ4n) is 1.83. The first kappa shape index (κ1) is 13.3. The Hall–Kier alpha value is -1.09. The lowest BCUT2D eigenvalue weighted by Gasteiger charge is -2.14. The molecule has 1 atom stereocenters. The van der Waals surface area contributed by atoms with Crippen LogP contribution in [0.15, 0.2) is 36.7 Å². The lowest BCUT2D eigenvalue weighted by atomic mass is 9.99. The van der Waals surface area contributed by atoms with Crippen LogP contribution in [-0.2, 0) is 6.42 Å². The molecule has 0 aliphatic rings. The van der Waals surface area contributed by atoms with Gasteiger partial charge in [-0.25, -0.2) is 0 Å². The van der Waals surface area contributed by atoms with Crippen molar-refractivity contribution in [1.82, 2.24) is 4.98 Å². The molecule has 0 amide bonds. The summed E-state index contributed by atoms with van der Waals surface area (Å²) >= 11 is 11.9. The van der Waals surface area contributed by atoms with E-state index in [1.807, 2.05) is 19.1 Å². The number of nitrogens with zero attached hydrogens (tertiary/aromatic N) is 1. The maximum atomic E-state index is 10.2. The van der Waals surface area contributed by atoms with Crippen molar-refractivity contribution in [1.29, 1.82) is 0 Å². The zero-order valence-corrected chi connectivity index (χ0v) is 11.4. The number of hydrogen-bond acceptors (Lipinski definition) is 2. The normalized spacial score (nSPS) is 12.4. The van der Waals surface area contributed by atoms with Gasteiger partial charge in [0.05, 0.1) is 6.10 Å². The maximum Gasteiger partial charge on any atom is 0.0848 e. The van der Waals surface area contributed by atoms with E-state index in [2.05, 4.69) is 4.98 Å². The van der Waals surface area contributed by atoms with Crippen LogP contribution in [0.4, 0.5) is 0 Å². The first-order chi connectivity index (χ1) is 8.58. The quantitative estimate of drug-likeness (QED) is 0.923. The van der Waals surface area contributed by atoms with Crippen LogP contribution < -0.4 is 0 Å². The Bertz CT molecular complexity index is 557. The topological polar surface area (TPSA) is 33.1 Å². The number of pyridine rings is 1. The molecule has 2 aromatic rings. The molecule has 1 aromatic carbocycles. The number of aliphatic hydroxyl groups is 1. The fraction of sp³-hybridized carbons (Fsp3) is 0.214. The third-order valence-corrected chi connectivity index (χ3v) is 3.45. The molecule has 2 nitrogen and oxygen atoms in total. The van der Waals surface area contributed by atoms with Gasteiger partial charge >= 0.3 is 0 Å². The molecule has 0 spiro atoms. The molecule has 1 aromatic heterocycles. The highest BCUT2D eigenvalue weighted by Crippen LogP contribution is 2.26. The van der Waals surface area contributed by atoms with Gasteiger partial charge in [0.1, 0.15) is 0 Å². The van der Waals surface area contributed by atoms with Crippen molar-refractivity contribution in [2.24, 2.45) is 0 Å². The number of aliphatic hydroxyl groups excluding tert-OH is 1. The molecule has 0 saturated heterocycles. The summed E-state index contributed by atoms with van der Waals surface area (Å²) in [6.07, 6.45) is 3.23. The van der Waals surface area contributed by atoms with E-state index in [1.54, 1.807) is 24.5 Å². The van der Waals surface area contributed by atoms with Crippen LogP contribution in [0.2, 0.25) is 10.0 Å². The largest absolute Gasteiger partial charge is 0.388 e. The van der Waals surface area contributed by atoms with E-state index >= 15 is 0 Å². The average Bonchev–Trinajstić information content (AvgIpc) is 2.33. The first-order valence-corrected chi connectivity index (χ1v) is 6.36. The Kier molecular flexibility index (Phi) is 4.23. The van der Waals surface area contributed by atoms with Crippen molar-refractivity contribution in [3.8, 4) is 0 Å². The molecule has 1 heterocycles. The summed E-state index contributed by atoms with van der Waals surface area (Å²) < 4.78 is 0. The standard InChI is InChI=1S/C14H13Cl2NO/c1-9-4-5-17-8-12(9)14(18)6-10-2-3-11(15)7-13(10)16/h2-5,7-8,14,18H,6H2,1H3. The molecule has 2 rings (SSSR count). The molecule has 94 valence electrons. The molecule has 0 fully saturated rings. The van der Waals surface area contributed by atoms with E-state index in [-0.39, 0.29) is 0 Å². The van der Waals surface area contributed by atoms with Crippen LogP contribution in [-0.4, -0.2) is 10.1 Å². The molecule has 1 unspecified atom stereocenters. The molecule has 1 N–H and O–H groups in total. The summed E-state index contributed by atoms with van der Waals surface area (Å²) in [5, 5.41) is 11.4. The lowest BCUT2D eigenvalue weighted by molar-refractivity contribution is 0.177. The van der Waals surface area contributed by atoms with Crippen LogP contribution in [0.3, 0.4) is 0 Å². The Morgan fingerprint density at radius 2 is 2.06 bits per heavy atom. The van der Waals surface area contributed by atoms with Gasteiger partial charge in [-0.1, -0.05) is 29.3 Å². The first-order valence-electron chi connectivity index (χ1n) is 5.60. The summed E-state index contributed by atoms with van der Waals surface area (Å²) in [5.74, 6) is 0. The van der Waals surface area contributed by atoms with Crippen molar-refractivity contribution >= 4 is 23.2 Å². The Morgan fingerprint density at radius 3 is 2.72 bits per heavy atom. The summed E-state index contributed by atoms with van der Waals surface area (Å²) in [5.41, 5.74) is 2.71. The summed E-state index contributed by atoms with van der Waals surface area (Å²) in [6, 6.07) is 7.16. The smallest absolute Gasteiger partial charge is 0.0848 e. The highest BCUT2D eigenvalue weighted by molar-refractivity contribution is 6.35. The van der Waals surface area contributed by atoms with E-state index < -0.39 is 6.10 Å². The number of halogens is 2. The molecule has 0 radical (unpaired) electrons. The zero-order valence-electron chi connectivity index (χ0n) is 9.90. The fourth-order valence-corrected chi connectivity index (χ4v) is 2.32. The molecular formula is C14H13Cl2NO. The minimum Gasteiger partial charge on any atom is -0.388 e. The molecule has 0 aliphatic heterocycles. The van der Waals surface area contributed by atoms with Gasteiger partial charge in [-0.05, 0) is 36.2 Å². The predicted molar refractivity (Wildman–Crippen MR) is 74.1 cm³/mol. The van der Waals surface area contributed by atoms with Crippen LogP contribution in [0.25, 0.3) is 0 Å². The van der Waals surface area contributed by atoms with Gasteiger partial charge in [0.25, 0.3) is 0 Å². The molecule has 4 heteroatoms. The third-order valence-electron chi connectivity index (χ3n) is 2.87. The molecule has 0 bridgehead atoms. The van der Waals surface area contributed by atoms with Gasteiger partial charge in [0, 0.05) is 34.4 Å². The maximum absolute atomic E-state index is 10.2. The Morgan fingerprint density at radius 1 is 1.28 bits per heavy atom. The second-order valence-corrected chi connectivity index (χ2v) is 5.03. The van der Waals surface area contributed by atoms with Crippen LogP contribution >= 0.6 is 23.2 Å². The monoisotopic (exact) mass is 281 g/mol. The molecule has 18 heavy (non-hydrogen) atoms. The van der Waals surface area contributed by atoms with Gasteiger partial charge in [-0.3, -0.25) is 4.98 Å². The predicted octanol–water partition coefficient (Wildman–Crippen LogP) is 3.97. The lowest BCUT2D eigenvalue weighted by Crippen LogP contribution is -2.04. The summed E-state index contributed by atoms with van der Waals surface area (Å²) in [6.45, 7) is 1.95. The van der Waals surface area contributed by atoms with Gasteiger partial charge < -0.3 is 5.11 Å². The van der Waals surface area contributed by atoms with E-state index in [1.165, 1.54) is 0 Å². The van der Waals surface area contributed by atoms with E-state index in [4.69, 9.17) is 23.2 Å². The highest BCUT2D eigenvalue weighted by atomic mass is 35.5. The minimum atomic E-state index is -0.614. The van der Waals surface area contributed by atoms with Gasteiger partial charge in [-0.15, -0.1) is 0 Å². The van der Waals surface area contributed by atoms with Gasteiger partial charge in [0.2, 0.25) is 0 Å². The highest BCUT2D eigenvalue weighted by Gasteiger charge is 2.13. The van der Waals surface area contributed by atoms with Gasteiger partial charge in [0.15, 0.2) is 0 Å². The van der Waals surface area contributed by atoms with E-state index in [0.29, 0.717) is 16.5 Å². The third kappa shape index (κ3) is 3.02. The Balaban J connectivity index is 2.21. The van der Waals surface area contributed by atoms with Crippen LogP contribution in [0, 0.1) is 6.92 Å². The SMILES string of the molecule is Cc1ccncc1C(O)Cc1ccc(Cl)cc1Cl. The second-order valence-electron chi connectivity index (χ2n) is 4.19. The summed E-state index contributed by atoms with van der Waals surface area (Å²) in [4.78, 5) is 4.03. The van der Waals surface area contributed by atoms with Crippen molar-refractivity contribution < 1.29 is 5.11 Å². The molecular weight excluding hydrogens is 269 g/mol. The number of benzene rings is 1. The van der Waals surface area contributed by atoms with E-state index in [0.717, 1.165) is 16.7 Å². The number of hydrogen-bond donors (Lipinski definition) is 1. The van der Waals surface area contributed by atoms with Crippen molar-refractivity contribution in [3.05, 3.63) is 63.4 Å². The van der Waals surface area contributed by atoms with Crippen LogP contribution in [0.1, 0.15) is 22.8 Å². The van der Waals surface area contributed by atoms with Gasteiger partial charge in [-0.2, -0.15) is 0 Å². The van der Waals surface area contributed by atoms with Crippen LogP contribution in [0.5, 0.6) is 0 Å². The number of aryl methyl sites for hydroxylation is 1. The van der Waals surface area contributed by atoms with E-state index in [9.17, 15) is 5.11 Å². The average molecular weight is 282 g/mol. The minimum absolute atomic E-state index is 0.447. The van der Waals surface area contributed by atoms with Crippen molar-refractivity contribution in [3.63, 3.8) is 0 Å². The van der Waals surface area contributed by atoms with Crippen molar-refractivity contribution in [2.75, 3.05) is 0 Å². The number of rotatable bonds is 3. The Labute approximate surface area is 116 Å². The van der Waals surface area contributed by atoms with Crippen molar-refractivity contribution in [2.45, 2.75) is 19.4 Å².